The first-order chi connectivity index (χ1) is 10.4. The SMILES string of the molecule is COCC1[CH]C=CC1.N.N.N.N.N.O=S(=O)([O-])C(F)(F)F.O=S(=O)([O-])C(F)(F)F.[Os]. The van der Waals surface area contributed by atoms with Crippen molar-refractivity contribution in [1.82, 2.24) is 30.8 Å². The Morgan fingerprint density at radius 2 is 1.13 bits per heavy atom. The van der Waals surface area contributed by atoms with E-state index >= 15 is 0 Å². The summed E-state index contributed by atoms with van der Waals surface area (Å²) < 4.78 is 123. The summed E-state index contributed by atoms with van der Waals surface area (Å²) >= 11 is 0. The third kappa shape index (κ3) is 25.6. The first-order valence-corrected chi connectivity index (χ1v) is 8.28. The van der Waals surface area contributed by atoms with Crippen LogP contribution in [0, 0.1) is 12.3 Å². The van der Waals surface area contributed by atoms with E-state index in [2.05, 4.69) is 18.6 Å². The van der Waals surface area contributed by atoms with Crippen LogP contribution < -0.4 is 30.8 Å². The van der Waals surface area contributed by atoms with Crippen LogP contribution in [-0.4, -0.2) is 50.7 Å². The fourth-order valence-corrected chi connectivity index (χ4v) is 0.905. The Morgan fingerprint density at radius 1 is 0.867 bits per heavy atom. The van der Waals surface area contributed by atoms with Gasteiger partial charge in [0.25, 0.3) is 0 Å². The summed E-state index contributed by atoms with van der Waals surface area (Å²) in [6, 6.07) is 0. The number of methoxy groups -OCH3 is 1. The average molecular weight is 685 g/mol. The Balaban J connectivity index is -0.0000000367. The Labute approximate surface area is 183 Å². The molecule has 15 N–H and O–H groups in total. The van der Waals surface area contributed by atoms with Crippen LogP contribution in [0.1, 0.15) is 6.42 Å². The molecule has 1 atom stereocenters. The van der Waals surface area contributed by atoms with Gasteiger partial charge in [-0.1, -0.05) is 12.2 Å². The fraction of sp³-hybridized carbons (Fsp3) is 0.667. The zero-order valence-electron chi connectivity index (χ0n) is 15.6. The van der Waals surface area contributed by atoms with Crippen molar-refractivity contribution in [3.8, 4) is 0 Å². The van der Waals surface area contributed by atoms with Crippen molar-refractivity contribution in [3.05, 3.63) is 18.6 Å². The molecule has 0 aliphatic heterocycles. The molecule has 0 heterocycles. The third-order valence-corrected chi connectivity index (χ3v) is 3.04. The van der Waals surface area contributed by atoms with Gasteiger partial charge in [-0.05, 0) is 18.8 Å². The average Bonchev–Trinajstić information content (AvgIpc) is 2.78. The molecule has 30 heavy (non-hydrogen) atoms. The van der Waals surface area contributed by atoms with Gasteiger partial charge in [-0.2, -0.15) is 26.3 Å². The van der Waals surface area contributed by atoms with Crippen molar-refractivity contribution in [3.63, 3.8) is 0 Å². The van der Waals surface area contributed by atoms with Gasteiger partial charge >= 0.3 is 11.0 Å². The monoisotopic (exact) mass is 686 g/mol. The van der Waals surface area contributed by atoms with Crippen molar-refractivity contribution in [1.29, 1.82) is 0 Å². The molecule has 0 amide bonds. The molecule has 21 heteroatoms. The second kappa shape index (κ2) is 20.4. The van der Waals surface area contributed by atoms with Crippen LogP contribution in [-0.2, 0) is 44.8 Å². The normalized spacial score (nSPS) is 12.8. The molecule has 193 valence electrons. The number of ether oxygens (including phenoxy) is 1. The van der Waals surface area contributed by atoms with Gasteiger partial charge in [0.1, 0.15) is 0 Å². The van der Waals surface area contributed by atoms with Crippen LogP contribution in [0.2, 0.25) is 0 Å². The minimum Gasteiger partial charge on any atom is -0.741 e. The van der Waals surface area contributed by atoms with E-state index in [1.165, 1.54) is 0 Å². The maximum atomic E-state index is 10.7. The minimum absolute atomic E-state index is 0. The molecule has 1 aliphatic carbocycles. The summed E-state index contributed by atoms with van der Waals surface area (Å²) in [7, 11) is -10.4. The summed E-state index contributed by atoms with van der Waals surface area (Å²) in [5, 5.41) is 0. The van der Waals surface area contributed by atoms with E-state index in [-0.39, 0.29) is 50.5 Å². The molecule has 0 spiro atoms. The van der Waals surface area contributed by atoms with Crippen LogP contribution >= 0.6 is 0 Å². The van der Waals surface area contributed by atoms with Crippen molar-refractivity contribution >= 4 is 20.2 Å². The second-order valence-corrected chi connectivity index (χ2v) is 6.61. The van der Waals surface area contributed by atoms with E-state index in [4.69, 9.17) is 30.7 Å². The van der Waals surface area contributed by atoms with Gasteiger partial charge < -0.3 is 44.6 Å². The second-order valence-electron chi connectivity index (χ2n) is 3.87. The first-order valence-electron chi connectivity index (χ1n) is 5.46. The number of rotatable bonds is 2. The summed E-state index contributed by atoms with van der Waals surface area (Å²) in [5.41, 5.74) is -11.3. The van der Waals surface area contributed by atoms with Crippen molar-refractivity contribution in [2.45, 2.75) is 17.4 Å². The molecule has 0 saturated carbocycles. The molecule has 0 aromatic carbocycles. The minimum atomic E-state index is -6.09. The quantitative estimate of drug-likeness (QED) is 0.159. The topological polar surface area (TPSA) is 299 Å². The predicted octanol–water partition coefficient (Wildman–Crippen LogP) is 2.32. The maximum Gasteiger partial charge on any atom is 0.485 e. The van der Waals surface area contributed by atoms with Crippen LogP contribution in [0.15, 0.2) is 12.2 Å². The van der Waals surface area contributed by atoms with Crippen LogP contribution in [0.5, 0.6) is 0 Å². The Morgan fingerprint density at radius 3 is 1.27 bits per heavy atom. The number of halogens is 6. The van der Waals surface area contributed by atoms with E-state index < -0.39 is 31.3 Å². The molecule has 1 radical (unpaired) electrons. The van der Waals surface area contributed by atoms with Gasteiger partial charge in [0.15, 0.2) is 20.2 Å². The van der Waals surface area contributed by atoms with Crippen molar-refractivity contribution in [2.24, 2.45) is 5.92 Å². The van der Waals surface area contributed by atoms with E-state index in [9.17, 15) is 26.3 Å². The molecular weight excluding hydrogens is 658 g/mol. The van der Waals surface area contributed by atoms with Crippen LogP contribution in [0.3, 0.4) is 0 Å². The Bertz CT molecular complexity index is 566. The zero-order chi connectivity index (χ0) is 19.8. The molecule has 1 unspecified atom stereocenters. The fourth-order valence-electron chi connectivity index (χ4n) is 0.905. The molecule has 0 bridgehead atoms. The van der Waals surface area contributed by atoms with Gasteiger partial charge in [-0.15, -0.1) is 0 Å². The van der Waals surface area contributed by atoms with Crippen molar-refractivity contribution < 1.29 is 76.8 Å². The van der Waals surface area contributed by atoms with E-state index in [0.29, 0.717) is 5.92 Å². The van der Waals surface area contributed by atoms with E-state index in [1.54, 1.807) is 7.11 Å². The zero-order valence-corrected chi connectivity index (χ0v) is 19.7. The van der Waals surface area contributed by atoms with Gasteiger partial charge in [-0.25, -0.2) is 16.8 Å². The molecular formula is C9H26F6N5O7OsS2-2. The van der Waals surface area contributed by atoms with E-state index in [1.807, 2.05) is 0 Å². The molecule has 1 aliphatic rings. The summed E-state index contributed by atoms with van der Waals surface area (Å²) in [5.74, 6) is 0.653. The van der Waals surface area contributed by atoms with Crippen LogP contribution in [0.25, 0.3) is 0 Å². The number of allylic oxidation sites excluding steroid dienone is 2. The number of hydrogen-bond donors (Lipinski definition) is 5. The largest absolute Gasteiger partial charge is 0.741 e. The molecule has 0 aromatic rings. The van der Waals surface area contributed by atoms with E-state index in [0.717, 1.165) is 13.0 Å². The third-order valence-electron chi connectivity index (χ3n) is 1.91. The standard InChI is InChI=1S/C7H11O.2CHF3O3S.5H3N.Os/c1-8-6-7-4-2-3-5-7;2*2-1(3,4)8(5,6)7;;;;;;/h2-4,7H,5-6H2,1H3;2*(H,5,6,7);5*1H3;/p-2. The summed E-state index contributed by atoms with van der Waals surface area (Å²) in [6.45, 7) is 0.868. The van der Waals surface area contributed by atoms with Crippen molar-refractivity contribution in [2.75, 3.05) is 13.7 Å². The van der Waals surface area contributed by atoms with Gasteiger partial charge in [0.2, 0.25) is 0 Å². The molecule has 0 fully saturated rings. The van der Waals surface area contributed by atoms with Gasteiger partial charge in [0, 0.05) is 33.5 Å². The Kier molecular flexibility index (Phi) is 35.3. The van der Waals surface area contributed by atoms with Crippen LogP contribution in [0.4, 0.5) is 26.3 Å². The number of alkyl halides is 6. The number of hydrogen-bond acceptors (Lipinski definition) is 12. The molecule has 1 rings (SSSR count). The summed E-state index contributed by atoms with van der Waals surface area (Å²) in [6.07, 6.45) is 7.62. The van der Waals surface area contributed by atoms with Gasteiger partial charge in [0.05, 0.1) is 0 Å². The predicted molar refractivity (Wildman–Crippen MR) is 90.0 cm³/mol. The Hall–Kier alpha value is -0.464. The maximum absolute atomic E-state index is 10.7. The first kappa shape index (κ1) is 51.9. The molecule has 0 saturated heterocycles. The smallest absolute Gasteiger partial charge is 0.485 e. The van der Waals surface area contributed by atoms with Gasteiger partial charge in [-0.3, -0.25) is 0 Å². The summed E-state index contributed by atoms with van der Waals surface area (Å²) in [4.78, 5) is 0. The molecule has 0 aromatic heterocycles. The molecule has 12 nitrogen and oxygen atoms in total.